The molecular formula is C22H29ClN4O2. The fraction of sp³-hybridized carbons (Fsp3) is 0.364. The van der Waals surface area contributed by atoms with Gasteiger partial charge in [0.25, 0.3) is 5.91 Å². The lowest BCUT2D eigenvalue weighted by Gasteiger charge is -2.27. The molecule has 0 bridgehead atoms. The summed E-state index contributed by atoms with van der Waals surface area (Å²) in [7, 11) is 0. The van der Waals surface area contributed by atoms with Crippen LogP contribution < -0.4 is 16.0 Å². The predicted molar refractivity (Wildman–Crippen MR) is 117 cm³/mol. The summed E-state index contributed by atoms with van der Waals surface area (Å²) in [5.41, 5.74) is 1.56. The van der Waals surface area contributed by atoms with Crippen LogP contribution >= 0.6 is 12.4 Å². The second kappa shape index (κ2) is 12.2. The third-order valence-corrected chi connectivity index (χ3v) is 4.88. The molecule has 1 aliphatic heterocycles. The highest BCUT2D eigenvalue weighted by atomic mass is 35.5. The zero-order valence-corrected chi connectivity index (χ0v) is 17.3. The largest absolute Gasteiger partial charge is 0.353 e. The Balaban J connectivity index is 0.00000300. The molecule has 1 heterocycles. The van der Waals surface area contributed by atoms with Gasteiger partial charge >= 0.3 is 0 Å². The van der Waals surface area contributed by atoms with Gasteiger partial charge in [-0.25, -0.2) is 0 Å². The van der Waals surface area contributed by atoms with Gasteiger partial charge in [0.2, 0.25) is 5.91 Å². The van der Waals surface area contributed by atoms with Crippen LogP contribution in [0.15, 0.2) is 60.7 Å². The smallest absolute Gasteiger partial charge is 0.251 e. The number of halogens is 1. The van der Waals surface area contributed by atoms with Gasteiger partial charge in [0.05, 0.1) is 0 Å². The van der Waals surface area contributed by atoms with E-state index in [1.54, 1.807) is 12.1 Å². The normalized spacial score (nSPS) is 15.0. The highest BCUT2D eigenvalue weighted by molar-refractivity contribution is 5.97. The maximum atomic E-state index is 12.8. The number of piperazine rings is 1. The van der Waals surface area contributed by atoms with Crippen LogP contribution in [0.3, 0.4) is 0 Å². The first-order valence-corrected chi connectivity index (χ1v) is 9.83. The van der Waals surface area contributed by atoms with Crippen LogP contribution in [0.25, 0.3) is 0 Å². The van der Waals surface area contributed by atoms with Crippen LogP contribution in [-0.2, 0) is 11.2 Å². The SMILES string of the molecule is Cl.O=C(NC(Cc1ccccc1)C(=O)NCCN1CCNCC1)c1ccccc1. The molecule has 1 unspecified atom stereocenters. The average Bonchev–Trinajstić information content (AvgIpc) is 2.75. The number of nitrogens with one attached hydrogen (secondary N) is 3. The Hall–Kier alpha value is -2.41. The van der Waals surface area contributed by atoms with E-state index in [9.17, 15) is 9.59 Å². The molecule has 29 heavy (non-hydrogen) atoms. The number of benzene rings is 2. The minimum atomic E-state index is -0.613. The van der Waals surface area contributed by atoms with E-state index in [0.29, 0.717) is 18.5 Å². The van der Waals surface area contributed by atoms with Gasteiger partial charge in [-0.05, 0) is 17.7 Å². The molecule has 2 aromatic rings. The molecule has 7 heteroatoms. The lowest BCUT2D eigenvalue weighted by molar-refractivity contribution is -0.123. The topological polar surface area (TPSA) is 73.5 Å². The molecule has 156 valence electrons. The van der Waals surface area contributed by atoms with Crippen LogP contribution in [0, 0.1) is 0 Å². The molecular weight excluding hydrogens is 388 g/mol. The van der Waals surface area contributed by atoms with Gasteiger partial charge in [-0.2, -0.15) is 0 Å². The Morgan fingerprint density at radius 2 is 1.59 bits per heavy atom. The molecule has 0 spiro atoms. The maximum absolute atomic E-state index is 12.8. The minimum Gasteiger partial charge on any atom is -0.353 e. The number of nitrogens with zero attached hydrogens (tertiary/aromatic N) is 1. The number of carbonyl (C=O) groups is 2. The molecule has 1 aliphatic rings. The molecule has 3 N–H and O–H groups in total. The third kappa shape index (κ3) is 7.49. The van der Waals surface area contributed by atoms with Gasteiger partial charge in [0.1, 0.15) is 6.04 Å². The zero-order valence-electron chi connectivity index (χ0n) is 16.5. The molecule has 0 aromatic heterocycles. The van der Waals surface area contributed by atoms with Crippen molar-refractivity contribution >= 4 is 24.2 Å². The molecule has 3 rings (SSSR count). The molecule has 2 amide bonds. The quantitative estimate of drug-likeness (QED) is 0.609. The zero-order chi connectivity index (χ0) is 19.6. The summed E-state index contributed by atoms with van der Waals surface area (Å²) in [6.07, 6.45) is 0.457. The molecule has 6 nitrogen and oxygen atoms in total. The summed E-state index contributed by atoms with van der Waals surface area (Å²) in [6, 6.07) is 18.1. The summed E-state index contributed by atoms with van der Waals surface area (Å²) in [6.45, 7) is 5.35. The Bertz CT molecular complexity index is 752. The van der Waals surface area contributed by atoms with Crippen molar-refractivity contribution in [2.24, 2.45) is 0 Å². The van der Waals surface area contributed by atoms with Crippen LogP contribution in [0.4, 0.5) is 0 Å². The Morgan fingerprint density at radius 3 is 2.24 bits per heavy atom. The number of hydrogen-bond acceptors (Lipinski definition) is 4. The summed E-state index contributed by atoms with van der Waals surface area (Å²) < 4.78 is 0. The second-order valence-corrected chi connectivity index (χ2v) is 6.96. The van der Waals surface area contributed by atoms with Crippen LogP contribution in [0.5, 0.6) is 0 Å². The van der Waals surface area contributed by atoms with Crippen molar-refractivity contribution in [3.8, 4) is 0 Å². The molecule has 0 saturated carbocycles. The van der Waals surface area contributed by atoms with Gasteiger partial charge < -0.3 is 16.0 Å². The van der Waals surface area contributed by atoms with Crippen molar-refractivity contribution in [1.82, 2.24) is 20.9 Å². The van der Waals surface area contributed by atoms with Crippen LogP contribution in [0.1, 0.15) is 15.9 Å². The van der Waals surface area contributed by atoms with Crippen molar-refractivity contribution in [2.75, 3.05) is 39.3 Å². The number of amides is 2. The van der Waals surface area contributed by atoms with Crippen molar-refractivity contribution < 1.29 is 9.59 Å². The maximum Gasteiger partial charge on any atom is 0.251 e. The van der Waals surface area contributed by atoms with Gasteiger partial charge in [0.15, 0.2) is 0 Å². The number of carbonyl (C=O) groups excluding carboxylic acids is 2. The van der Waals surface area contributed by atoms with E-state index < -0.39 is 6.04 Å². The first-order valence-electron chi connectivity index (χ1n) is 9.83. The van der Waals surface area contributed by atoms with Gasteiger partial charge in [-0.15, -0.1) is 12.4 Å². The molecule has 0 aliphatic carbocycles. The molecule has 1 saturated heterocycles. The first kappa shape index (κ1) is 22.9. The van der Waals surface area contributed by atoms with Crippen LogP contribution in [0.2, 0.25) is 0 Å². The summed E-state index contributed by atoms with van der Waals surface area (Å²) in [5.74, 6) is -0.387. The standard InChI is InChI=1S/C22H28N4O2.ClH/c27-21(19-9-5-2-6-10-19)25-20(17-18-7-3-1-4-8-18)22(28)24-13-16-26-14-11-23-12-15-26;/h1-10,20,23H,11-17H2,(H,24,28)(H,25,27);1H. The van der Waals surface area contributed by atoms with Crippen LogP contribution in [-0.4, -0.2) is 62.0 Å². The van der Waals surface area contributed by atoms with E-state index in [0.717, 1.165) is 38.3 Å². The summed E-state index contributed by atoms with van der Waals surface area (Å²) >= 11 is 0. The van der Waals surface area contributed by atoms with Crippen molar-refractivity contribution in [3.05, 3.63) is 71.8 Å². The van der Waals surface area contributed by atoms with E-state index in [2.05, 4.69) is 20.9 Å². The number of rotatable bonds is 8. The molecule has 2 aromatic carbocycles. The lowest BCUT2D eigenvalue weighted by Crippen LogP contribution is -2.50. The Kier molecular flexibility index (Phi) is 9.64. The van der Waals surface area contributed by atoms with E-state index in [4.69, 9.17) is 0 Å². The fourth-order valence-electron chi connectivity index (χ4n) is 3.29. The molecule has 1 atom stereocenters. The highest BCUT2D eigenvalue weighted by Gasteiger charge is 2.22. The van der Waals surface area contributed by atoms with Gasteiger partial charge in [0, 0.05) is 51.3 Å². The number of hydrogen-bond donors (Lipinski definition) is 3. The fourth-order valence-corrected chi connectivity index (χ4v) is 3.29. The lowest BCUT2D eigenvalue weighted by atomic mass is 10.0. The first-order chi connectivity index (χ1) is 13.7. The average molecular weight is 417 g/mol. The third-order valence-electron chi connectivity index (χ3n) is 4.88. The molecule has 1 fully saturated rings. The van der Waals surface area contributed by atoms with E-state index in [1.807, 2.05) is 48.5 Å². The van der Waals surface area contributed by atoms with E-state index >= 15 is 0 Å². The van der Waals surface area contributed by atoms with Crippen molar-refractivity contribution in [1.29, 1.82) is 0 Å². The highest BCUT2D eigenvalue weighted by Crippen LogP contribution is 2.06. The monoisotopic (exact) mass is 416 g/mol. The summed E-state index contributed by atoms with van der Waals surface area (Å²) in [4.78, 5) is 27.7. The van der Waals surface area contributed by atoms with E-state index in [1.165, 1.54) is 0 Å². The van der Waals surface area contributed by atoms with Gasteiger partial charge in [-0.3, -0.25) is 14.5 Å². The van der Waals surface area contributed by atoms with E-state index in [-0.39, 0.29) is 24.2 Å². The predicted octanol–water partition coefficient (Wildman–Crippen LogP) is 1.47. The second-order valence-electron chi connectivity index (χ2n) is 6.96. The summed E-state index contributed by atoms with van der Waals surface area (Å²) in [5, 5.41) is 9.21. The Labute approximate surface area is 178 Å². The van der Waals surface area contributed by atoms with Crippen molar-refractivity contribution in [2.45, 2.75) is 12.5 Å². The Morgan fingerprint density at radius 1 is 0.966 bits per heavy atom. The van der Waals surface area contributed by atoms with Gasteiger partial charge in [-0.1, -0.05) is 48.5 Å². The minimum absolute atomic E-state index is 0. The van der Waals surface area contributed by atoms with Crippen molar-refractivity contribution in [3.63, 3.8) is 0 Å². The molecule has 0 radical (unpaired) electrons.